The largest absolute Gasteiger partial charge is 0.438 e. The lowest BCUT2D eigenvalue weighted by Crippen LogP contribution is -2.22. The molecule has 0 rings (SSSR count). The number of carbonyl (C=O) groups excluding carboxylic acids is 1. The Morgan fingerprint density at radius 3 is 3.00 bits per heavy atom. The Bertz CT molecular complexity index is 91.3. The molecule has 0 aliphatic carbocycles. The van der Waals surface area contributed by atoms with E-state index in [0.717, 1.165) is 0 Å². The van der Waals surface area contributed by atoms with Crippen LogP contribution in [0.3, 0.4) is 0 Å². The van der Waals surface area contributed by atoms with E-state index in [1.54, 1.807) is 0 Å². The van der Waals surface area contributed by atoms with Crippen LogP contribution < -0.4 is 5.32 Å². The molecule has 0 fully saturated rings. The molecule has 0 saturated heterocycles. The van der Waals surface area contributed by atoms with Crippen molar-refractivity contribution in [1.82, 2.24) is 5.32 Å². The summed E-state index contributed by atoms with van der Waals surface area (Å²) in [6, 6.07) is 0. The molecule has 0 aromatic heterocycles. The van der Waals surface area contributed by atoms with Crippen molar-refractivity contribution in [3.63, 3.8) is 0 Å². The standard InChI is InChI=1S/C4H7NO3/c1-2-3-5-4(6)8-7/h2,7H,1,3H2,(H,5,6). The first-order valence-corrected chi connectivity index (χ1v) is 2.01. The van der Waals surface area contributed by atoms with Gasteiger partial charge in [0.2, 0.25) is 0 Å². The molecule has 0 bridgehead atoms. The predicted molar refractivity (Wildman–Crippen MR) is 27.3 cm³/mol. The van der Waals surface area contributed by atoms with Crippen LogP contribution in [0.15, 0.2) is 12.7 Å². The van der Waals surface area contributed by atoms with E-state index in [4.69, 9.17) is 5.26 Å². The lowest BCUT2D eigenvalue weighted by molar-refractivity contribution is -0.177. The van der Waals surface area contributed by atoms with Gasteiger partial charge < -0.3 is 5.32 Å². The number of hydrogen-bond donors (Lipinski definition) is 2. The Balaban J connectivity index is 3.11. The van der Waals surface area contributed by atoms with Gasteiger partial charge in [-0.3, -0.25) is 4.89 Å². The van der Waals surface area contributed by atoms with Crippen molar-refractivity contribution in [2.75, 3.05) is 6.54 Å². The average molecular weight is 117 g/mol. The average Bonchev–Trinajstić information content (AvgIpc) is 1.83. The fourth-order valence-corrected chi connectivity index (χ4v) is 0.188. The fraction of sp³-hybridized carbons (Fsp3) is 0.250. The molecule has 2 N–H and O–H groups in total. The summed E-state index contributed by atoms with van der Waals surface area (Å²) >= 11 is 0. The van der Waals surface area contributed by atoms with Gasteiger partial charge in [-0.2, -0.15) is 5.26 Å². The molecule has 0 saturated carbocycles. The molecule has 8 heavy (non-hydrogen) atoms. The van der Waals surface area contributed by atoms with Crippen LogP contribution in [0.2, 0.25) is 0 Å². The zero-order chi connectivity index (χ0) is 6.41. The SMILES string of the molecule is C=CCNC(=O)OO. The highest BCUT2D eigenvalue weighted by Crippen LogP contribution is 1.67. The smallest absolute Gasteiger partial charge is 0.316 e. The molecule has 0 heterocycles. The summed E-state index contributed by atoms with van der Waals surface area (Å²) in [5.41, 5.74) is 0. The van der Waals surface area contributed by atoms with Crippen LogP contribution in [0.25, 0.3) is 0 Å². The highest BCUT2D eigenvalue weighted by molar-refractivity contribution is 5.66. The van der Waals surface area contributed by atoms with Gasteiger partial charge in [-0.15, -0.1) is 6.58 Å². The third kappa shape index (κ3) is 3.17. The molecule has 0 aliphatic heterocycles. The van der Waals surface area contributed by atoms with Crippen molar-refractivity contribution in [2.45, 2.75) is 0 Å². The van der Waals surface area contributed by atoms with Crippen LogP contribution in [-0.2, 0) is 4.89 Å². The first-order chi connectivity index (χ1) is 3.81. The Labute approximate surface area is 46.7 Å². The third-order valence-corrected chi connectivity index (χ3v) is 0.474. The maximum atomic E-state index is 9.94. The molecule has 0 atom stereocenters. The highest BCUT2D eigenvalue weighted by atomic mass is 17.1. The molecular weight excluding hydrogens is 110 g/mol. The van der Waals surface area contributed by atoms with Gasteiger partial charge in [0.15, 0.2) is 0 Å². The minimum absolute atomic E-state index is 0.291. The lowest BCUT2D eigenvalue weighted by atomic mass is 10.6. The van der Waals surface area contributed by atoms with Gasteiger partial charge in [0.1, 0.15) is 0 Å². The van der Waals surface area contributed by atoms with Gasteiger partial charge in [-0.25, -0.2) is 4.79 Å². The quantitative estimate of drug-likeness (QED) is 0.312. The van der Waals surface area contributed by atoms with E-state index in [9.17, 15) is 4.79 Å². The van der Waals surface area contributed by atoms with Gasteiger partial charge in [-0.1, -0.05) is 6.08 Å². The summed E-state index contributed by atoms with van der Waals surface area (Å²) in [6.07, 6.45) is 0.599. The second-order valence-corrected chi connectivity index (χ2v) is 1.05. The molecule has 4 heteroatoms. The van der Waals surface area contributed by atoms with Crippen molar-refractivity contribution in [3.05, 3.63) is 12.7 Å². The Morgan fingerprint density at radius 2 is 2.62 bits per heavy atom. The van der Waals surface area contributed by atoms with Crippen molar-refractivity contribution < 1.29 is 14.9 Å². The van der Waals surface area contributed by atoms with Crippen molar-refractivity contribution >= 4 is 6.09 Å². The molecule has 0 unspecified atom stereocenters. The van der Waals surface area contributed by atoms with Crippen LogP contribution in [0, 0.1) is 0 Å². The van der Waals surface area contributed by atoms with E-state index >= 15 is 0 Å². The van der Waals surface area contributed by atoms with Crippen molar-refractivity contribution in [2.24, 2.45) is 0 Å². The number of nitrogens with one attached hydrogen (secondary N) is 1. The van der Waals surface area contributed by atoms with Crippen LogP contribution in [0.4, 0.5) is 4.79 Å². The Morgan fingerprint density at radius 1 is 2.00 bits per heavy atom. The second-order valence-electron chi connectivity index (χ2n) is 1.05. The summed E-state index contributed by atoms with van der Waals surface area (Å²) in [7, 11) is 0. The minimum Gasteiger partial charge on any atom is -0.316 e. The van der Waals surface area contributed by atoms with Gasteiger partial charge in [0.05, 0.1) is 0 Å². The Kier molecular flexibility index (Phi) is 3.60. The van der Waals surface area contributed by atoms with Crippen LogP contribution in [-0.4, -0.2) is 17.9 Å². The lowest BCUT2D eigenvalue weighted by Gasteiger charge is -1.93. The van der Waals surface area contributed by atoms with E-state index < -0.39 is 6.09 Å². The number of amides is 1. The summed E-state index contributed by atoms with van der Waals surface area (Å²) < 4.78 is 0. The van der Waals surface area contributed by atoms with Crippen LogP contribution in [0.1, 0.15) is 0 Å². The predicted octanol–water partition coefficient (Wildman–Crippen LogP) is 0.372. The minimum atomic E-state index is -0.870. The van der Waals surface area contributed by atoms with Crippen LogP contribution >= 0.6 is 0 Å². The van der Waals surface area contributed by atoms with Crippen LogP contribution in [0.5, 0.6) is 0 Å². The van der Waals surface area contributed by atoms with E-state index in [1.807, 2.05) is 0 Å². The van der Waals surface area contributed by atoms with Crippen molar-refractivity contribution in [1.29, 1.82) is 0 Å². The molecule has 0 aromatic carbocycles. The van der Waals surface area contributed by atoms with Gasteiger partial charge in [0, 0.05) is 6.54 Å². The zero-order valence-electron chi connectivity index (χ0n) is 4.26. The molecule has 0 aliphatic rings. The van der Waals surface area contributed by atoms with Gasteiger partial charge in [0.25, 0.3) is 0 Å². The molecule has 4 nitrogen and oxygen atoms in total. The zero-order valence-corrected chi connectivity index (χ0v) is 4.26. The Hall–Kier alpha value is -1.03. The maximum Gasteiger partial charge on any atom is 0.438 e. The van der Waals surface area contributed by atoms with E-state index in [-0.39, 0.29) is 0 Å². The molecular formula is C4H7NO3. The normalized spacial score (nSPS) is 7.62. The van der Waals surface area contributed by atoms with Gasteiger partial charge >= 0.3 is 6.09 Å². The monoisotopic (exact) mass is 117 g/mol. The molecule has 0 aromatic rings. The topological polar surface area (TPSA) is 58.6 Å². The first kappa shape index (κ1) is 6.97. The fourth-order valence-electron chi connectivity index (χ4n) is 0.188. The molecule has 0 radical (unpaired) electrons. The maximum absolute atomic E-state index is 9.94. The number of hydrogen-bond acceptors (Lipinski definition) is 3. The number of carbonyl (C=O) groups is 1. The summed E-state index contributed by atoms with van der Waals surface area (Å²) in [5, 5.41) is 9.77. The highest BCUT2D eigenvalue weighted by Gasteiger charge is 1.93. The summed E-state index contributed by atoms with van der Waals surface area (Å²) in [4.78, 5) is 13.2. The van der Waals surface area contributed by atoms with Gasteiger partial charge in [-0.05, 0) is 0 Å². The van der Waals surface area contributed by atoms with E-state index in [1.165, 1.54) is 6.08 Å². The summed E-state index contributed by atoms with van der Waals surface area (Å²) in [6.45, 7) is 3.61. The van der Waals surface area contributed by atoms with E-state index in [0.29, 0.717) is 6.54 Å². The molecule has 1 amide bonds. The van der Waals surface area contributed by atoms with Crippen molar-refractivity contribution in [3.8, 4) is 0 Å². The first-order valence-electron chi connectivity index (χ1n) is 2.01. The molecule has 46 valence electrons. The second kappa shape index (κ2) is 4.14. The summed E-state index contributed by atoms with van der Waals surface area (Å²) in [5.74, 6) is 0. The van der Waals surface area contributed by atoms with E-state index in [2.05, 4.69) is 16.8 Å². The molecule has 0 spiro atoms. The third-order valence-electron chi connectivity index (χ3n) is 0.474. The number of rotatable bonds is 2.